The molecule has 1 aromatic rings. The molecule has 0 aliphatic heterocycles. The Morgan fingerprint density at radius 2 is 1.62 bits per heavy atom. The highest BCUT2D eigenvalue weighted by Gasteiger charge is 2.17. The van der Waals surface area contributed by atoms with Gasteiger partial charge in [-0.15, -0.1) is 10.2 Å². The molecule has 0 aliphatic rings. The summed E-state index contributed by atoms with van der Waals surface area (Å²) in [6, 6.07) is 0.958. The molecule has 0 atom stereocenters. The Hall–Kier alpha value is -0.640. The number of rotatable bonds is 3. The van der Waals surface area contributed by atoms with Crippen LogP contribution in [0.25, 0.3) is 0 Å². The van der Waals surface area contributed by atoms with Crippen LogP contribution in [0, 0.1) is 6.92 Å². The van der Waals surface area contributed by atoms with Gasteiger partial charge in [0.25, 0.3) is 0 Å². The van der Waals surface area contributed by atoms with Crippen molar-refractivity contribution in [3.05, 3.63) is 5.01 Å². The second-order valence-corrected chi connectivity index (χ2v) is 4.86. The van der Waals surface area contributed by atoms with Gasteiger partial charge in [0, 0.05) is 12.1 Å². The lowest BCUT2D eigenvalue weighted by atomic mass is 10.2. The van der Waals surface area contributed by atoms with E-state index in [9.17, 15) is 0 Å². The summed E-state index contributed by atoms with van der Waals surface area (Å²) >= 11 is 1.66. The Kier molecular flexibility index (Phi) is 3.25. The van der Waals surface area contributed by atoms with Crippen LogP contribution >= 0.6 is 11.3 Å². The van der Waals surface area contributed by atoms with Crippen molar-refractivity contribution in [3.63, 3.8) is 0 Å². The van der Waals surface area contributed by atoms with Gasteiger partial charge in [-0.3, -0.25) is 0 Å². The minimum atomic E-state index is 0.479. The predicted octanol–water partition coefficient (Wildman–Crippen LogP) is 2.47. The van der Waals surface area contributed by atoms with E-state index in [1.165, 1.54) is 0 Å². The third-order valence-electron chi connectivity index (χ3n) is 1.85. The summed E-state index contributed by atoms with van der Waals surface area (Å²) in [5.74, 6) is 0. The smallest absolute Gasteiger partial charge is 0.208 e. The van der Waals surface area contributed by atoms with Gasteiger partial charge in [0.15, 0.2) is 0 Å². The van der Waals surface area contributed by atoms with E-state index in [1.807, 2.05) is 6.92 Å². The van der Waals surface area contributed by atoms with Crippen molar-refractivity contribution >= 4 is 16.5 Å². The number of anilines is 1. The highest BCUT2D eigenvalue weighted by Crippen LogP contribution is 2.23. The molecule has 0 aromatic carbocycles. The Morgan fingerprint density at radius 3 is 1.92 bits per heavy atom. The first-order chi connectivity index (χ1) is 6.02. The summed E-state index contributed by atoms with van der Waals surface area (Å²) in [6.07, 6.45) is 0. The first-order valence-corrected chi connectivity index (χ1v) is 5.42. The Bertz CT molecular complexity index is 260. The van der Waals surface area contributed by atoms with Crippen LogP contribution in [0.1, 0.15) is 32.7 Å². The SMILES string of the molecule is Cc1nnc(N(C(C)C)C(C)C)s1. The van der Waals surface area contributed by atoms with Crippen LogP contribution in [0.5, 0.6) is 0 Å². The maximum absolute atomic E-state index is 4.15. The second-order valence-electron chi connectivity index (χ2n) is 3.70. The lowest BCUT2D eigenvalue weighted by Crippen LogP contribution is -2.36. The molecular weight excluding hydrogens is 182 g/mol. The number of aromatic nitrogens is 2. The van der Waals surface area contributed by atoms with Crippen molar-refractivity contribution in [1.82, 2.24) is 10.2 Å². The van der Waals surface area contributed by atoms with E-state index in [0.29, 0.717) is 12.1 Å². The molecule has 1 rings (SSSR count). The molecule has 13 heavy (non-hydrogen) atoms. The lowest BCUT2D eigenvalue weighted by molar-refractivity contribution is 0.603. The van der Waals surface area contributed by atoms with E-state index < -0.39 is 0 Å². The zero-order valence-corrected chi connectivity index (χ0v) is 9.72. The summed E-state index contributed by atoms with van der Waals surface area (Å²) in [6.45, 7) is 10.7. The van der Waals surface area contributed by atoms with E-state index in [2.05, 4.69) is 42.8 Å². The average molecular weight is 199 g/mol. The van der Waals surface area contributed by atoms with Crippen molar-refractivity contribution in [2.75, 3.05) is 4.90 Å². The van der Waals surface area contributed by atoms with Crippen LogP contribution in [-0.4, -0.2) is 22.3 Å². The van der Waals surface area contributed by atoms with Crippen LogP contribution in [0.15, 0.2) is 0 Å². The van der Waals surface area contributed by atoms with Crippen molar-refractivity contribution < 1.29 is 0 Å². The lowest BCUT2D eigenvalue weighted by Gasteiger charge is -2.29. The molecule has 0 aliphatic carbocycles. The zero-order valence-electron chi connectivity index (χ0n) is 8.90. The molecule has 0 fully saturated rings. The van der Waals surface area contributed by atoms with Crippen molar-refractivity contribution in [2.24, 2.45) is 0 Å². The van der Waals surface area contributed by atoms with Gasteiger partial charge in [-0.25, -0.2) is 0 Å². The molecule has 0 radical (unpaired) electrons. The van der Waals surface area contributed by atoms with Crippen LogP contribution in [-0.2, 0) is 0 Å². The first-order valence-electron chi connectivity index (χ1n) is 4.60. The minimum Gasteiger partial charge on any atom is -0.342 e. The monoisotopic (exact) mass is 199 g/mol. The zero-order chi connectivity index (χ0) is 10.0. The molecule has 4 heteroatoms. The van der Waals surface area contributed by atoms with Gasteiger partial charge >= 0.3 is 0 Å². The van der Waals surface area contributed by atoms with E-state index in [0.717, 1.165) is 10.1 Å². The Labute approximate surface area is 83.8 Å². The normalized spacial score (nSPS) is 11.3. The average Bonchev–Trinajstić information content (AvgIpc) is 2.34. The summed E-state index contributed by atoms with van der Waals surface area (Å²) in [5.41, 5.74) is 0. The van der Waals surface area contributed by atoms with E-state index >= 15 is 0 Å². The molecule has 0 N–H and O–H groups in total. The summed E-state index contributed by atoms with van der Waals surface area (Å²) < 4.78 is 0. The molecule has 0 saturated carbocycles. The molecule has 0 unspecified atom stereocenters. The fourth-order valence-corrected chi connectivity index (χ4v) is 2.38. The van der Waals surface area contributed by atoms with Gasteiger partial charge in [0.1, 0.15) is 5.01 Å². The minimum absolute atomic E-state index is 0.479. The van der Waals surface area contributed by atoms with Crippen molar-refractivity contribution in [2.45, 2.75) is 46.7 Å². The molecule has 0 amide bonds. The molecule has 3 nitrogen and oxygen atoms in total. The quantitative estimate of drug-likeness (QED) is 0.749. The highest BCUT2D eigenvalue weighted by molar-refractivity contribution is 7.15. The van der Waals surface area contributed by atoms with E-state index in [1.54, 1.807) is 11.3 Å². The molecule has 1 heterocycles. The maximum atomic E-state index is 4.15. The van der Waals surface area contributed by atoms with Gasteiger partial charge in [-0.1, -0.05) is 11.3 Å². The number of nitrogens with zero attached hydrogens (tertiary/aromatic N) is 3. The van der Waals surface area contributed by atoms with Gasteiger partial charge in [-0.2, -0.15) is 0 Å². The van der Waals surface area contributed by atoms with Crippen molar-refractivity contribution in [3.8, 4) is 0 Å². The molecule has 1 aromatic heterocycles. The number of hydrogen-bond donors (Lipinski definition) is 0. The third kappa shape index (κ3) is 2.40. The van der Waals surface area contributed by atoms with Crippen LogP contribution < -0.4 is 4.90 Å². The van der Waals surface area contributed by atoms with Crippen molar-refractivity contribution in [1.29, 1.82) is 0 Å². The van der Waals surface area contributed by atoms with Gasteiger partial charge < -0.3 is 4.90 Å². The van der Waals surface area contributed by atoms with Crippen LogP contribution in [0.2, 0.25) is 0 Å². The van der Waals surface area contributed by atoms with E-state index in [-0.39, 0.29) is 0 Å². The summed E-state index contributed by atoms with van der Waals surface area (Å²) in [5, 5.41) is 10.2. The van der Waals surface area contributed by atoms with Crippen LogP contribution in [0.3, 0.4) is 0 Å². The molecule has 74 valence electrons. The second kappa shape index (κ2) is 4.05. The highest BCUT2D eigenvalue weighted by atomic mass is 32.1. The maximum Gasteiger partial charge on any atom is 0.208 e. The summed E-state index contributed by atoms with van der Waals surface area (Å²) in [7, 11) is 0. The number of aryl methyl sites for hydroxylation is 1. The van der Waals surface area contributed by atoms with Gasteiger partial charge in [-0.05, 0) is 34.6 Å². The standard InChI is InChI=1S/C9H17N3S/c1-6(2)12(7(3)4)9-11-10-8(5)13-9/h6-7H,1-5H3. The molecule has 0 spiro atoms. The molecule has 0 saturated heterocycles. The topological polar surface area (TPSA) is 29.0 Å². The molecular formula is C9H17N3S. The third-order valence-corrected chi connectivity index (χ3v) is 2.70. The van der Waals surface area contributed by atoms with Gasteiger partial charge in [0.2, 0.25) is 5.13 Å². The fourth-order valence-electron chi connectivity index (χ4n) is 1.43. The Morgan fingerprint density at radius 1 is 1.08 bits per heavy atom. The summed E-state index contributed by atoms with van der Waals surface area (Å²) in [4.78, 5) is 2.28. The predicted molar refractivity (Wildman–Crippen MR) is 57.4 cm³/mol. The molecule has 0 bridgehead atoms. The first kappa shape index (κ1) is 10.4. The number of hydrogen-bond acceptors (Lipinski definition) is 4. The Balaban J connectivity index is 2.88. The fraction of sp³-hybridized carbons (Fsp3) is 0.778. The largest absolute Gasteiger partial charge is 0.342 e. The van der Waals surface area contributed by atoms with E-state index in [4.69, 9.17) is 0 Å². The van der Waals surface area contributed by atoms with Crippen LogP contribution in [0.4, 0.5) is 5.13 Å². The van der Waals surface area contributed by atoms with Gasteiger partial charge in [0.05, 0.1) is 0 Å².